The molecule has 3 rings (SSSR count). The zero-order valence-corrected chi connectivity index (χ0v) is 12.8. The van der Waals surface area contributed by atoms with E-state index in [-0.39, 0.29) is 0 Å². The van der Waals surface area contributed by atoms with Gasteiger partial charge in [-0.25, -0.2) is 0 Å². The van der Waals surface area contributed by atoms with Crippen molar-refractivity contribution < 1.29 is 4.52 Å². The van der Waals surface area contributed by atoms with Gasteiger partial charge in [0, 0.05) is 10.5 Å². The second kappa shape index (κ2) is 5.66. The zero-order chi connectivity index (χ0) is 14.8. The average Bonchev–Trinajstić information content (AvgIpc) is 2.89. The van der Waals surface area contributed by atoms with Crippen molar-refractivity contribution in [2.24, 2.45) is 0 Å². The van der Waals surface area contributed by atoms with Gasteiger partial charge in [0.1, 0.15) is 0 Å². The molecule has 0 saturated heterocycles. The maximum absolute atomic E-state index is 6.03. The van der Waals surface area contributed by atoms with Crippen LogP contribution < -0.4 is 5.73 Å². The minimum Gasteiger partial charge on any atom is -0.380 e. The van der Waals surface area contributed by atoms with Crippen molar-refractivity contribution in [1.82, 2.24) is 5.16 Å². The highest BCUT2D eigenvalue weighted by molar-refractivity contribution is 7.98. The van der Waals surface area contributed by atoms with Crippen molar-refractivity contribution in [3.8, 4) is 22.5 Å². The number of anilines is 1. The first-order chi connectivity index (χ1) is 10.2. The third-order valence-corrected chi connectivity index (χ3v) is 4.23. The Balaban J connectivity index is 2.15. The highest BCUT2D eigenvalue weighted by Gasteiger charge is 2.18. The lowest BCUT2D eigenvalue weighted by atomic mass is 9.98. The molecule has 0 unspecified atom stereocenters. The summed E-state index contributed by atoms with van der Waals surface area (Å²) < 4.78 is 5.48. The van der Waals surface area contributed by atoms with E-state index in [4.69, 9.17) is 10.3 Å². The van der Waals surface area contributed by atoms with Gasteiger partial charge in [0.15, 0.2) is 11.6 Å². The fourth-order valence-corrected chi connectivity index (χ4v) is 2.76. The van der Waals surface area contributed by atoms with Gasteiger partial charge in [-0.05, 0) is 48.6 Å². The summed E-state index contributed by atoms with van der Waals surface area (Å²) in [6.07, 6.45) is 2.06. The first-order valence-corrected chi connectivity index (χ1v) is 7.88. The number of thioether (sulfide) groups is 1. The van der Waals surface area contributed by atoms with E-state index in [1.165, 1.54) is 4.90 Å². The quantitative estimate of drug-likeness (QED) is 0.716. The lowest BCUT2D eigenvalue weighted by molar-refractivity contribution is 0.436. The van der Waals surface area contributed by atoms with E-state index < -0.39 is 0 Å². The van der Waals surface area contributed by atoms with Crippen molar-refractivity contribution in [3.63, 3.8) is 0 Å². The molecular formula is C17H16N2OS. The minimum absolute atomic E-state index is 0.424. The van der Waals surface area contributed by atoms with E-state index >= 15 is 0 Å². The molecule has 106 valence electrons. The molecule has 3 nitrogen and oxygen atoms in total. The lowest BCUT2D eigenvalue weighted by Gasteiger charge is -2.06. The molecule has 0 aliphatic carbocycles. The van der Waals surface area contributed by atoms with Gasteiger partial charge in [0.05, 0.1) is 5.56 Å². The number of rotatable bonds is 3. The summed E-state index contributed by atoms with van der Waals surface area (Å²) in [6.45, 7) is 2.06. The topological polar surface area (TPSA) is 52.0 Å². The van der Waals surface area contributed by atoms with Gasteiger partial charge in [-0.3, -0.25) is 0 Å². The number of aryl methyl sites for hydroxylation is 1. The second-order valence-corrected chi connectivity index (χ2v) is 5.70. The number of nitrogens with zero attached hydrogens (tertiary/aromatic N) is 1. The van der Waals surface area contributed by atoms with Gasteiger partial charge in [0.25, 0.3) is 0 Å². The number of hydrogen-bond donors (Lipinski definition) is 1. The molecule has 0 spiro atoms. The highest BCUT2D eigenvalue weighted by Crippen LogP contribution is 2.38. The standard InChI is InChI=1S/C17H16N2OS/c1-11-5-3-4-6-14(11)15-16(20-19-17(15)18)12-7-9-13(21-2)10-8-12/h3-10H,1-2H3,(H2,18,19). The van der Waals surface area contributed by atoms with Crippen LogP contribution in [0.2, 0.25) is 0 Å². The van der Waals surface area contributed by atoms with E-state index in [1.807, 2.05) is 30.3 Å². The molecular weight excluding hydrogens is 280 g/mol. The van der Waals surface area contributed by atoms with Gasteiger partial charge in [-0.1, -0.05) is 29.4 Å². The van der Waals surface area contributed by atoms with Crippen molar-refractivity contribution in [2.75, 3.05) is 12.0 Å². The number of benzene rings is 2. The maximum atomic E-state index is 6.03. The monoisotopic (exact) mass is 296 g/mol. The predicted molar refractivity (Wildman–Crippen MR) is 88.3 cm³/mol. The van der Waals surface area contributed by atoms with Crippen LogP contribution >= 0.6 is 11.8 Å². The fourth-order valence-electron chi connectivity index (χ4n) is 2.36. The molecule has 0 amide bonds. The minimum atomic E-state index is 0.424. The van der Waals surface area contributed by atoms with Crippen molar-refractivity contribution in [1.29, 1.82) is 0 Å². The number of nitrogen functional groups attached to an aromatic ring is 1. The van der Waals surface area contributed by atoms with Crippen LogP contribution in [0.15, 0.2) is 57.9 Å². The smallest absolute Gasteiger partial charge is 0.176 e. The predicted octanol–water partition coefficient (Wildman–Crippen LogP) is 4.62. The Labute approximate surface area is 128 Å². The molecule has 0 atom stereocenters. The molecule has 0 radical (unpaired) electrons. The second-order valence-electron chi connectivity index (χ2n) is 4.82. The SMILES string of the molecule is CSc1ccc(-c2onc(N)c2-c2ccccc2C)cc1. The number of nitrogens with two attached hydrogens (primary N) is 1. The van der Waals surface area contributed by atoms with Crippen LogP contribution in [-0.2, 0) is 0 Å². The number of aromatic nitrogens is 1. The molecule has 2 aromatic carbocycles. The maximum Gasteiger partial charge on any atom is 0.176 e. The zero-order valence-electron chi connectivity index (χ0n) is 12.0. The van der Waals surface area contributed by atoms with Crippen molar-refractivity contribution >= 4 is 17.6 Å². The Hall–Kier alpha value is -2.20. The van der Waals surface area contributed by atoms with Gasteiger partial charge in [-0.2, -0.15) is 0 Å². The Kier molecular flexibility index (Phi) is 3.71. The molecule has 21 heavy (non-hydrogen) atoms. The molecule has 0 bridgehead atoms. The Morgan fingerprint density at radius 3 is 2.43 bits per heavy atom. The molecule has 0 fully saturated rings. The first kappa shape index (κ1) is 13.8. The van der Waals surface area contributed by atoms with Gasteiger partial charge >= 0.3 is 0 Å². The summed E-state index contributed by atoms with van der Waals surface area (Å²) in [6, 6.07) is 16.3. The third-order valence-electron chi connectivity index (χ3n) is 3.49. The van der Waals surface area contributed by atoms with E-state index in [9.17, 15) is 0 Å². The molecule has 1 heterocycles. The summed E-state index contributed by atoms with van der Waals surface area (Å²) in [4.78, 5) is 1.21. The normalized spacial score (nSPS) is 10.8. The van der Waals surface area contributed by atoms with E-state index in [2.05, 4.69) is 36.5 Å². The summed E-state index contributed by atoms with van der Waals surface area (Å²) in [5.74, 6) is 1.14. The van der Waals surface area contributed by atoms with Crippen LogP contribution in [0, 0.1) is 6.92 Å². The Morgan fingerprint density at radius 2 is 1.76 bits per heavy atom. The Morgan fingerprint density at radius 1 is 1.05 bits per heavy atom. The van der Waals surface area contributed by atoms with E-state index in [0.717, 1.165) is 28.0 Å². The largest absolute Gasteiger partial charge is 0.380 e. The average molecular weight is 296 g/mol. The van der Waals surface area contributed by atoms with Gasteiger partial charge in [0.2, 0.25) is 0 Å². The van der Waals surface area contributed by atoms with Crippen LogP contribution in [0.1, 0.15) is 5.56 Å². The van der Waals surface area contributed by atoms with Crippen LogP contribution in [-0.4, -0.2) is 11.4 Å². The molecule has 0 aliphatic heterocycles. The molecule has 0 saturated carbocycles. The van der Waals surface area contributed by atoms with Crippen LogP contribution in [0.3, 0.4) is 0 Å². The lowest BCUT2D eigenvalue weighted by Crippen LogP contribution is -1.90. The summed E-state index contributed by atoms with van der Waals surface area (Å²) >= 11 is 1.71. The summed E-state index contributed by atoms with van der Waals surface area (Å²) in [5, 5.41) is 3.95. The van der Waals surface area contributed by atoms with Crippen LogP contribution in [0.5, 0.6) is 0 Å². The summed E-state index contributed by atoms with van der Waals surface area (Å²) in [5.41, 5.74) is 10.1. The molecule has 2 N–H and O–H groups in total. The van der Waals surface area contributed by atoms with Gasteiger partial charge in [-0.15, -0.1) is 11.8 Å². The van der Waals surface area contributed by atoms with Crippen molar-refractivity contribution in [2.45, 2.75) is 11.8 Å². The van der Waals surface area contributed by atoms with Crippen molar-refractivity contribution in [3.05, 3.63) is 54.1 Å². The fraction of sp³-hybridized carbons (Fsp3) is 0.118. The third kappa shape index (κ3) is 2.54. The molecule has 4 heteroatoms. The summed E-state index contributed by atoms with van der Waals surface area (Å²) in [7, 11) is 0. The molecule has 0 aliphatic rings. The first-order valence-electron chi connectivity index (χ1n) is 6.66. The van der Waals surface area contributed by atoms with E-state index in [1.54, 1.807) is 11.8 Å². The highest BCUT2D eigenvalue weighted by atomic mass is 32.2. The number of hydrogen-bond acceptors (Lipinski definition) is 4. The van der Waals surface area contributed by atoms with Crippen LogP contribution in [0.25, 0.3) is 22.5 Å². The molecule has 1 aromatic heterocycles. The van der Waals surface area contributed by atoms with Gasteiger partial charge < -0.3 is 10.3 Å². The molecule has 3 aromatic rings. The van der Waals surface area contributed by atoms with E-state index in [0.29, 0.717) is 5.82 Å². The van der Waals surface area contributed by atoms with Crippen LogP contribution in [0.4, 0.5) is 5.82 Å². The Bertz CT molecular complexity index is 763.